The Bertz CT molecular complexity index is 971. The van der Waals surface area contributed by atoms with E-state index < -0.39 is 12.1 Å². The molecule has 0 fully saturated rings. The summed E-state index contributed by atoms with van der Waals surface area (Å²) in [6.07, 6.45) is -4.68. The molecule has 0 amide bonds. The molecule has 7 nitrogen and oxygen atoms in total. The lowest BCUT2D eigenvalue weighted by Crippen LogP contribution is -2.10. The molecular formula is C19H22F3N5O2. The van der Waals surface area contributed by atoms with E-state index >= 15 is 0 Å². The Balaban J connectivity index is 1.74. The molecule has 0 saturated heterocycles. The number of ether oxygens (including phenoxy) is 1. The highest BCUT2D eigenvalue weighted by atomic mass is 19.4. The van der Waals surface area contributed by atoms with Gasteiger partial charge in [-0.15, -0.1) is 0 Å². The molecule has 2 aromatic heterocycles. The summed E-state index contributed by atoms with van der Waals surface area (Å²) in [5.41, 5.74) is 1.94. The van der Waals surface area contributed by atoms with Crippen LogP contribution in [0.1, 0.15) is 61.3 Å². The van der Waals surface area contributed by atoms with Crippen LogP contribution in [0.25, 0.3) is 11.4 Å². The molecule has 0 aliphatic carbocycles. The first-order valence-corrected chi connectivity index (χ1v) is 9.13. The summed E-state index contributed by atoms with van der Waals surface area (Å²) in [5, 5.41) is 10.6. The lowest BCUT2D eigenvalue weighted by Gasteiger charge is -2.15. The Labute approximate surface area is 165 Å². The monoisotopic (exact) mass is 409 g/mol. The molecule has 2 heterocycles. The summed E-state index contributed by atoms with van der Waals surface area (Å²) >= 11 is 0. The lowest BCUT2D eigenvalue weighted by atomic mass is 10.0. The molecule has 0 aliphatic rings. The van der Waals surface area contributed by atoms with Crippen LogP contribution < -0.4 is 4.74 Å². The summed E-state index contributed by atoms with van der Waals surface area (Å²) in [6, 6.07) is 3.34. The molecular weight excluding hydrogens is 387 g/mol. The smallest absolute Gasteiger partial charge is 0.471 e. The molecule has 0 spiro atoms. The topological polar surface area (TPSA) is 89.7 Å². The Morgan fingerprint density at radius 3 is 2.28 bits per heavy atom. The highest BCUT2D eigenvalue weighted by Gasteiger charge is 2.38. The fourth-order valence-corrected chi connectivity index (χ4v) is 2.82. The van der Waals surface area contributed by atoms with Crippen molar-refractivity contribution in [3.8, 4) is 17.1 Å². The second-order valence-corrected chi connectivity index (χ2v) is 7.31. The van der Waals surface area contributed by atoms with Crippen LogP contribution in [0.15, 0.2) is 16.7 Å². The van der Waals surface area contributed by atoms with Crippen molar-refractivity contribution < 1.29 is 22.4 Å². The molecule has 10 heteroatoms. The highest BCUT2D eigenvalue weighted by molar-refractivity contribution is 5.61. The van der Waals surface area contributed by atoms with E-state index in [2.05, 4.69) is 29.8 Å². The summed E-state index contributed by atoms with van der Waals surface area (Å²) < 4.78 is 48.3. The van der Waals surface area contributed by atoms with E-state index in [0.29, 0.717) is 17.9 Å². The van der Waals surface area contributed by atoms with Gasteiger partial charge in [0.25, 0.3) is 0 Å². The third kappa shape index (κ3) is 4.57. The van der Waals surface area contributed by atoms with Gasteiger partial charge in [-0.1, -0.05) is 25.9 Å². The summed E-state index contributed by atoms with van der Waals surface area (Å²) in [7, 11) is 0. The number of nitrogens with one attached hydrogen (secondary N) is 1. The van der Waals surface area contributed by atoms with Crippen LogP contribution in [0.3, 0.4) is 0 Å². The fourth-order valence-electron chi connectivity index (χ4n) is 2.82. The normalized spacial score (nSPS) is 13.1. The maximum atomic E-state index is 12.7. The SMILES string of the molecule is Cc1cc(-c2noc(C(F)(F)F)n2)cc(C)c1OCC(C)c1nc(C(C)C)n[nH]1. The molecule has 1 unspecified atom stereocenters. The average molecular weight is 409 g/mol. The molecule has 1 N–H and O–H groups in total. The van der Waals surface area contributed by atoms with Crippen LogP contribution in [0.5, 0.6) is 5.75 Å². The average Bonchev–Trinajstić information content (AvgIpc) is 3.30. The Kier molecular flexibility index (Phi) is 5.63. The first-order chi connectivity index (χ1) is 13.6. The summed E-state index contributed by atoms with van der Waals surface area (Å²) in [6.45, 7) is 10.0. The van der Waals surface area contributed by atoms with Crippen molar-refractivity contribution in [2.24, 2.45) is 0 Å². The summed E-state index contributed by atoms with van der Waals surface area (Å²) in [5.74, 6) is 0.877. The maximum absolute atomic E-state index is 12.7. The zero-order chi connectivity index (χ0) is 21.3. The van der Waals surface area contributed by atoms with Crippen molar-refractivity contribution in [3.05, 3.63) is 40.8 Å². The van der Waals surface area contributed by atoms with Gasteiger partial charge in [-0.2, -0.15) is 23.3 Å². The molecule has 0 bridgehead atoms. The van der Waals surface area contributed by atoms with Crippen molar-refractivity contribution in [3.63, 3.8) is 0 Å². The van der Waals surface area contributed by atoms with Gasteiger partial charge in [0.2, 0.25) is 5.82 Å². The van der Waals surface area contributed by atoms with Gasteiger partial charge in [0.1, 0.15) is 11.6 Å². The minimum absolute atomic E-state index is 0.0139. The van der Waals surface area contributed by atoms with Crippen molar-refractivity contribution in [1.82, 2.24) is 25.3 Å². The van der Waals surface area contributed by atoms with Gasteiger partial charge in [0.15, 0.2) is 5.82 Å². The molecule has 0 aliphatic heterocycles. The number of aromatic amines is 1. The van der Waals surface area contributed by atoms with Crippen molar-refractivity contribution in [2.75, 3.05) is 6.61 Å². The van der Waals surface area contributed by atoms with Crippen molar-refractivity contribution >= 4 is 0 Å². The molecule has 156 valence electrons. The number of halogens is 3. The third-order valence-corrected chi connectivity index (χ3v) is 4.37. The molecule has 29 heavy (non-hydrogen) atoms. The van der Waals surface area contributed by atoms with Gasteiger partial charge in [-0.05, 0) is 37.1 Å². The predicted molar refractivity (Wildman–Crippen MR) is 98.6 cm³/mol. The van der Waals surface area contributed by atoms with E-state index in [-0.39, 0.29) is 17.7 Å². The third-order valence-electron chi connectivity index (χ3n) is 4.37. The zero-order valence-electron chi connectivity index (χ0n) is 16.8. The first-order valence-electron chi connectivity index (χ1n) is 9.13. The first kappa shape index (κ1) is 20.8. The van der Waals surface area contributed by atoms with Gasteiger partial charge in [0.05, 0.1) is 6.61 Å². The van der Waals surface area contributed by atoms with Crippen LogP contribution in [-0.2, 0) is 6.18 Å². The van der Waals surface area contributed by atoms with Gasteiger partial charge in [-0.25, -0.2) is 4.98 Å². The van der Waals surface area contributed by atoms with Gasteiger partial charge < -0.3 is 9.26 Å². The van der Waals surface area contributed by atoms with E-state index in [4.69, 9.17) is 4.74 Å². The van der Waals surface area contributed by atoms with Crippen LogP contribution in [0, 0.1) is 13.8 Å². The number of nitrogens with zero attached hydrogens (tertiary/aromatic N) is 4. The Hall–Kier alpha value is -2.91. The number of aromatic nitrogens is 5. The number of hydrogen-bond donors (Lipinski definition) is 1. The minimum atomic E-state index is -4.68. The molecule has 3 rings (SSSR count). The lowest BCUT2D eigenvalue weighted by molar-refractivity contribution is -0.159. The van der Waals surface area contributed by atoms with Crippen LogP contribution in [0.2, 0.25) is 0 Å². The standard InChI is InChI=1S/C19H22F3N5O2/c1-9(2)15-23-16(26-25-15)12(5)8-28-14-10(3)6-13(7-11(14)4)17-24-18(29-27-17)19(20,21)22/h6-7,9,12H,8H2,1-5H3,(H,23,25,26). The van der Waals surface area contributed by atoms with Gasteiger partial charge in [-0.3, -0.25) is 5.10 Å². The van der Waals surface area contributed by atoms with E-state index in [1.54, 1.807) is 12.1 Å². The molecule has 0 saturated carbocycles. The second kappa shape index (κ2) is 7.84. The fraction of sp³-hybridized carbons (Fsp3) is 0.474. The number of hydrogen-bond acceptors (Lipinski definition) is 6. The quantitative estimate of drug-likeness (QED) is 0.629. The maximum Gasteiger partial charge on any atom is 0.471 e. The number of benzene rings is 1. The predicted octanol–water partition coefficient (Wildman–Crippen LogP) is 4.80. The minimum Gasteiger partial charge on any atom is -0.492 e. The molecule has 3 aromatic rings. The van der Waals surface area contributed by atoms with Crippen LogP contribution in [0.4, 0.5) is 13.2 Å². The van der Waals surface area contributed by atoms with Crippen molar-refractivity contribution in [1.29, 1.82) is 0 Å². The van der Waals surface area contributed by atoms with E-state index in [1.165, 1.54) is 0 Å². The number of rotatable bonds is 6. The van der Waals surface area contributed by atoms with Crippen LogP contribution >= 0.6 is 0 Å². The molecule has 1 aromatic carbocycles. The number of alkyl halides is 3. The number of H-pyrrole nitrogens is 1. The highest BCUT2D eigenvalue weighted by Crippen LogP contribution is 2.32. The Morgan fingerprint density at radius 1 is 1.10 bits per heavy atom. The van der Waals surface area contributed by atoms with E-state index in [1.807, 2.05) is 34.6 Å². The zero-order valence-corrected chi connectivity index (χ0v) is 16.8. The van der Waals surface area contributed by atoms with Gasteiger partial charge >= 0.3 is 12.1 Å². The second-order valence-electron chi connectivity index (χ2n) is 7.31. The largest absolute Gasteiger partial charge is 0.492 e. The molecule has 0 radical (unpaired) electrons. The number of aryl methyl sites for hydroxylation is 2. The van der Waals surface area contributed by atoms with Crippen LogP contribution in [-0.4, -0.2) is 31.9 Å². The van der Waals surface area contributed by atoms with E-state index in [0.717, 1.165) is 22.8 Å². The molecule has 1 atom stereocenters. The summed E-state index contributed by atoms with van der Waals surface area (Å²) in [4.78, 5) is 7.91. The van der Waals surface area contributed by atoms with E-state index in [9.17, 15) is 13.2 Å². The van der Waals surface area contributed by atoms with Gasteiger partial charge in [0, 0.05) is 17.4 Å². The Morgan fingerprint density at radius 2 is 1.76 bits per heavy atom. The van der Waals surface area contributed by atoms with Crippen molar-refractivity contribution in [2.45, 2.75) is 52.6 Å².